The number of halogens is 4. The van der Waals surface area contributed by atoms with E-state index in [0.717, 1.165) is 18.6 Å². The number of aromatic nitrogens is 2. The van der Waals surface area contributed by atoms with Crippen molar-refractivity contribution < 1.29 is 22.7 Å². The maximum Gasteiger partial charge on any atom is 0.416 e. The number of esters is 1. The van der Waals surface area contributed by atoms with E-state index in [9.17, 15) is 18.0 Å². The summed E-state index contributed by atoms with van der Waals surface area (Å²) >= 11 is 3.35. The molecule has 2 rings (SSSR count). The fraction of sp³-hybridized carbons (Fsp3) is 0.375. The van der Waals surface area contributed by atoms with Crippen molar-refractivity contribution in [2.75, 3.05) is 6.61 Å². The molecule has 0 bridgehead atoms. The molecule has 0 saturated carbocycles. The number of alkyl halides is 3. The monoisotopic (exact) mass is 404 g/mol. The summed E-state index contributed by atoms with van der Waals surface area (Å²) in [5.41, 5.74) is 0.415. The van der Waals surface area contributed by atoms with Crippen molar-refractivity contribution >= 4 is 21.9 Å². The van der Waals surface area contributed by atoms with Gasteiger partial charge in [0.05, 0.1) is 28.0 Å². The highest BCUT2D eigenvalue weighted by Gasteiger charge is 2.30. The molecule has 0 aliphatic carbocycles. The number of benzene rings is 1. The molecule has 24 heavy (non-hydrogen) atoms. The third-order valence-corrected chi connectivity index (χ3v) is 4.12. The lowest BCUT2D eigenvalue weighted by atomic mass is 10.2. The van der Waals surface area contributed by atoms with Crippen LogP contribution in [-0.2, 0) is 17.3 Å². The Hall–Kier alpha value is -1.83. The molecule has 0 atom stereocenters. The van der Waals surface area contributed by atoms with Crippen molar-refractivity contribution in [2.45, 2.75) is 32.9 Å². The molecule has 0 aliphatic rings. The minimum Gasteiger partial charge on any atom is -0.461 e. The Bertz CT molecular complexity index is 724. The standard InChI is InChI=1S/C16H16BrF3N2O2/c1-3-5-12-13(17)14(15(23)24-4-2)22(21-12)11-8-6-10(7-9-11)16(18,19)20/h6-9H,3-5H2,1-2H3. The second-order valence-corrected chi connectivity index (χ2v) is 5.83. The zero-order chi connectivity index (χ0) is 17.9. The molecule has 0 aliphatic heterocycles. The zero-order valence-corrected chi connectivity index (χ0v) is 14.7. The predicted molar refractivity (Wildman–Crippen MR) is 86.2 cm³/mol. The van der Waals surface area contributed by atoms with Gasteiger partial charge in [0.15, 0.2) is 5.69 Å². The molecule has 8 heteroatoms. The molecule has 1 aromatic carbocycles. The summed E-state index contributed by atoms with van der Waals surface area (Å²) in [7, 11) is 0. The van der Waals surface area contributed by atoms with Crippen LogP contribution in [-0.4, -0.2) is 22.4 Å². The van der Waals surface area contributed by atoms with E-state index < -0.39 is 17.7 Å². The van der Waals surface area contributed by atoms with Crippen LogP contribution in [0.3, 0.4) is 0 Å². The van der Waals surface area contributed by atoms with Gasteiger partial charge in [0.2, 0.25) is 0 Å². The maximum absolute atomic E-state index is 12.7. The zero-order valence-electron chi connectivity index (χ0n) is 13.2. The van der Waals surface area contributed by atoms with Crippen LogP contribution in [0.15, 0.2) is 28.7 Å². The Morgan fingerprint density at radius 3 is 2.38 bits per heavy atom. The molecule has 2 aromatic rings. The van der Waals surface area contributed by atoms with E-state index in [0.29, 0.717) is 22.3 Å². The Kier molecular flexibility index (Phi) is 5.69. The van der Waals surface area contributed by atoms with Crippen LogP contribution in [0.2, 0.25) is 0 Å². The van der Waals surface area contributed by atoms with Crippen molar-refractivity contribution in [1.29, 1.82) is 0 Å². The largest absolute Gasteiger partial charge is 0.461 e. The van der Waals surface area contributed by atoms with Crippen LogP contribution in [0, 0.1) is 0 Å². The highest BCUT2D eigenvalue weighted by molar-refractivity contribution is 9.10. The summed E-state index contributed by atoms with van der Waals surface area (Å²) < 4.78 is 44.9. The van der Waals surface area contributed by atoms with Gasteiger partial charge in [0.25, 0.3) is 0 Å². The molecule has 0 saturated heterocycles. The van der Waals surface area contributed by atoms with Gasteiger partial charge in [-0.25, -0.2) is 9.48 Å². The average Bonchev–Trinajstić information content (AvgIpc) is 2.84. The summed E-state index contributed by atoms with van der Waals surface area (Å²) in [6, 6.07) is 4.47. The van der Waals surface area contributed by atoms with Crippen molar-refractivity contribution in [1.82, 2.24) is 9.78 Å². The fourth-order valence-corrected chi connectivity index (χ4v) is 2.80. The van der Waals surface area contributed by atoms with Crippen LogP contribution in [0.4, 0.5) is 13.2 Å². The molecule has 130 valence electrons. The number of hydrogen-bond acceptors (Lipinski definition) is 3. The van der Waals surface area contributed by atoms with Crippen LogP contribution in [0.25, 0.3) is 5.69 Å². The molecule has 1 heterocycles. The lowest BCUT2D eigenvalue weighted by molar-refractivity contribution is -0.137. The molecule has 4 nitrogen and oxygen atoms in total. The summed E-state index contributed by atoms with van der Waals surface area (Å²) in [5, 5.41) is 4.35. The smallest absolute Gasteiger partial charge is 0.416 e. The van der Waals surface area contributed by atoms with E-state index in [-0.39, 0.29) is 12.3 Å². The van der Waals surface area contributed by atoms with Crippen molar-refractivity contribution in [3.63, 3.8) is 0 Å². The van der Waals surface area contributed by atoms with Gasteiger partial charge in [-0.2, -0.15) is 18.3 Å². The number of rotatable bonds is 5. The summed E-state index contributed by atoms with van der Waals surface area (Å²) in [4.78, 5) is 12.2. The first-order chi connectivity index (χ1) is 11.3. The van der Waals surface area contributed by atoms with Crippen LogP contribution < -0.4 is 0 Å². The van der Waals surface area contributed by atoms with E-state index in [1.165, 1.54) is 16.8 Å². The molecule has 0 unspecified atom stereocenters. The third kappa shape index (κ3) is 3.80. The lowest BCUT2D eigenvalue weighted by Crippen LogP contribution is -2.13. The van der Waals surface area contributed by atoms with E-state index in [2.05, 4.69) is 21.0 Å². The minimum atomic E-state index is -4.42. The first kappa shape index (κ1) is 18.5. The molecular weight excluding hydrogens is 389 g/mol. The molecule has 0 N–H and O–H groups in total. The second kappa shape index (κ2) is 7.38. The van der Waals surface area contributed by atoms with E-state index in [4.69, 9.17) is 4.74 Å². The SMILES string of the molecule is CCCc1nn(-c2ccc(C(F)(F)F)cc2)c(C(=O)OCC)c1Br. The molecule has 0 fully saturated rings. The Balaban J connectivity index is 2.52. The van der Waals surface area contributed by atoms with Crippen molar-refractivity contribution in [3.05, 3.63) is 45.7 Å². The predicted octanol–water partition coefficient (Wildman–Crippen LogP) is 4.78. The third-order valence-electron chi connectivity index (χ3n) is 3.29. The number of hydrogen-bond donors (Lipinski definition) is 0. The van der Waals surface area contributed by atoms with Crippen molar-refractivity contribution in [3.8, 4) is 5.69 Å². The average molecular weight is 405 g/mol. The van der Waals surface area contributed by atoms with E-state index >= 15 is 0 Å². The molecule has 0 spiro atoms. The van der Waals surface area contributed by atoms with Crippen molar-refractivity contribution in [2.24, 2.45) is 0 Å². The van der Waals surface area contributed by atoms with Gasteiger partial charge in [-0.3, -0.25) is 0 Å². The minimum absolute atomic E-state index is 0.167. The second-order valence-electron chi connectivity index (χ2n) is 5.04. The van der Waals surface area contributed by atoms with Crippen LogP contribution >= 0.6 is 15.9 Å². The highest BCUT2D eigenvalue weighted by atomic mass is 79.9. The van der Waals surface area contributed by atoms with Crippen LogP contribution in [0.1, 0.15) is 42.0 Å². The molecule has 0 radical (unpaired) electrons. The maximum atomic E-state index is 12.7. The van der Waals surface area contributed by atoms with Gasteiger partial charge in [0.1, 0.15) is 0 Å². The van der Waals surface area contributed by atoms with Gasteiger partial charge >= 0.3 is 12.1 Å². The van der Waals surface area contributed by atoms with E-state index in [1.807, 2.05) is 6.92 Å². The Labute approximate surface area is 145 Å². The van der Waals surface area contributed by atoms with Gasteiger partial charge < -0.3 is 4.74 Å². The number of carbonyl (C=O) groups excluding carboxylic acids is 1. The summed E-state index contributed by atoms with van der Waals surface area (Å²) in [6.45, 7) is 3.83. The Morgan fingerprint density at radius 2 is 1.88 bits per heavy atom. The molecule has 0 amide bonds. The van der Waals surface area contributed by atoms with Gasteiger partial charge in [-0.15, -0.1) is 0 Å². The van der Waals surface area contributed by atoms with Gasteiger partial charge in [-0.05, 0) is 53.5 Å². The Morgan fingerprint density at radius 1 is 1.25 bits per heavy atom. The molecular formula is C16H16BrF3N2O2. The number of nitrogens with zero attached hydrogens (tertiary/aromatic N) is 2. The summed E-state index contributed by atoms with van der Waals surface area (Å²) in [6.07, 6.45) is -2.98. The summed E-state index contributed by atoms with van der Waals surface area (Å²) in [5.74, 6) is -0.584. The van der Waals surface area contributed by atoms with Gasteiger partial charge in [0, 0.05) is 0 Å². The lowest BCUT2D eigenvalue weighted by Gasteiger charge is -2.10. The normalized spacial score (nSPS) is 11.6. The first-order valence-corrected chi connectivity index (χ1v) is 8.21. The quantitative estimate of drug-likeness (QED) is 0.673. The number of carbonyl (C=O) groups is 1. The van der Waals surface area contributed by atoms with Crippen LogP contribution in [0.5, 0.6) is 0 Å². The fourth-order valence-electron chi connectivity index (χ4n) is 2.19. The van der Waals surface area contributed by atoms with E-state index in [1.54, 1.807) is 6.92 Å². The topological polar surface area (TPSA) is 44.1 Å². The number of ether oxygens (including phenoxy) is 1. The first-order valence-electron chi connectivity index (χ1n) is 7.41. The molecule has 1 aromatic heterocycles. The number of aryl methyl sites for hydroxylation is 1. The van der Waals surface area contributed by atoms with Gasteiger partial charge in [-0.1, -0.05) is 13.3 Å². The highest BCUT2D eigenvalue weighted by Crippen LogP contribution is 2.31.